The van der Waals surface area contributed by atoms with Gasteiger partial charge in [0.15, 0.2) is 5.43 Å². The molecule has 0 radical (unpaired) electrons. The van der Waals surface area contributed by atoms with Crippen LogP contribution in [0.25, 0.3) is 22.1 Å². The first-order chi connectivity index (χ1) is 19.1. The summed E-state index contributed by atoms with van der Waals surface area (Å²) in [6.45, 7) is 12.4. The van der Waals surface area contributed by atoms with Gasteiger partial charge in [-0.05, 0) is 86.4 Å². The minimum absolute atomic E-state index is 0.0382. The predicted octanol–water partition coefficient (Wildman–Crippen LogP) is 8.06. The molecule has 1 saturated heterocycles. The van der Waals surface area contributed by atoms with Gasteiger partial charge in [-0.1, -0.05) is 55.8 Å². The average molecular weight is 559 g/mol. The fourth-order valence-electron chi connectivity index (χ4n) is 5.72. The third kappa shape index (κ3) is 5.63. The second-order valence-electron chi connectivity index (χ2n) is 11.9. The van der Waals surface area contributed by atoms with E-state index in [2.05, 4.69) is 49.2 Å². The van der Waals surface area contributed by atoms with Crippen LogP contribution in [0.1, 0.15) is 61.9 Å². The lowest BCUT2D eigenvalue weighted by Gasteiger charge is -2.37. The summed E-state index contributed by atoms with van der Waals surface area (Å²) in [7, 11) is 0. The summed E-state index contributed by atoms with van der Waals surface area (Å²) < 4.78 is 6.64. The zero-order valence-corrected chi connectivity index (χ0v) is 24.9. The summed E-state index contributed by atoms with van der Waals surface area (Å²) in [5.41, 5.74) is 7.59. The van der Waals surface area contributed by atoms with Crippen LogP contribution >= 0.6 is 11.6 Å². The maximum absolute atomic E-state index is 13.6. The van der Waals surface area contributed by atoms with Crippen molar-refractivity contribution in [3.63, 3.8) is 0 Å². The molecule has 1 fully saturated rings. The van der Waals surface area contributed by atoms with Crippen molar-refractivity contribution in [3.05, 3.63) is 92.1 Å². The van der Waals surface area contributed by atoms with Crippen molar-refractivity contribution in [2.45, 2.75) is 59.9 Å². The van der Waals surface area contributed by atoms with Crippen molar-refractivity contribution in [1.82, 2.24) is 0 Å². The third-order valence-electron chi connectivity index (χ3n) is 8.27. The number of rotatable bonds is 7. The predicted molar refractivity (Wildman–Crippen MR) is 167 cm³/mol. The number of nitrogens with one attached hydrogen (secondary N) is 1. The molecule has 2 heterocycles. The van der Waals surface area contributed by atoms with Crippen LogP contribution in [0.4, 0.5) is 11.6 Å². The lowest BCUT2D eigenvalue weighted by molar-refractivity contribution is 0.274. The number of benzene rings is 3. The van der Waals surface area contributed by atoms with Crippen LogP contribution in [-0.2, 0) is 6.42 Å². The van der Waals surface area contributed by atoms with Crippen LogP contribution in [0.15, 0.2) is 63.8 Å². The van der Waals surface area contributed by atoms with E-state index >= 15 is 0 Å². The van der Waals surface area contributed by atoms with Gasteiger partial charge in [-0.15, -0.1) is 0 Å². The molecule has 0 bridgehead atoms. The lowest BCUT2D eigenvalue weighted by Crippen LogP contribution is -2.38. The molecular weight excluding hydrogens is 520 g/mol. The fraction of sp³-hybridized carbons (Fsp3) is 0.382. The summed E-state index contributed by atoms with van der Waals surface area (Å²) in [6.07, 6.45) is 2.63. The van der Waals surface area contributed by atoms with Crippen molar-refractivity contribution in [1.29, 1.82) is 0 Å². The van der Waals surface area contributed by atoms with E-state index in [9.17, 15) is 9.90 Å². The molecule has 0 saturated carbocycles. The second kappa shape index (κ2) is 11.3. The Labute approximate surface area is 241 Å². The van der Waals surface area contributed by atoms with Crippen LogP contribution in [-0.4, -0.2) is 24.8 Å². The fourth-order valence-corrected chi connectivity index (χ4v) is 5.93. The van der Waals surface area contributed by atoms with Crippen LogP contribution in [0, 0.1) is 19.3 Å². The summed E-state index contributed by atoms with van der Waals surface area (Å²) in [6, 6.07) is 18.0. The number of hydrogen-bond donors (Lipinski definition) is 2. The molecule has 1 unspecified atom stereocenters. The van der Waals surface area contributed by atoms with E-state index in [1.165, 1.54) is 0 Å². The molecule has 3 aromatic carbocycles. The zero-order valence-electron chi connectivity index (χ0n) is 24.1. The van der Waals surface area contributed by atoms with E-state index in [1.54, 1.807) is 0 Å². The number of aliphatic hydroxyl groups is 1. The number of aryl methyl sites for hydroxylation is 1. The van der Waals surface area contributed by atoms with E-state index in [0.29, 0.717) is 39.3 Å². The van der Waals surface area contributed by atoms with Gasteiger partial charge in [0.1, 0.15) is 5.58 Å². The lowest BCUT2D eigenvalue weighted by atomic mass is 9.82. The van der Waals surface area contributed by atoms with Gasteiger partial charge >= 0.3 is 0 Å². The van der Waals surface area contributed by atoms with E-state index in [1.807, 2.05) is 50.2 Å². The zero-order chi connectivity index (χ0) is 28.6. The summed E-state index contributed by atoms with van der Waals surface area (Å²) in [4.78, 5) is 15.9. The highest BCUT2D eigenvalue weighted by atomic mass is 35.5. The Kier molecular flexibility index (Phi) is 7.98. The topological polar surface area (TPSA) is 65.7 Å². The first-order valence-electron chi connectivity index (χ1n) is 14.2. The Hall–Kier alpha value is -3.28. The highest BCUT2D eigenvalue weighted by molar-refractivity contribution is 6.31. The Balaban J connectivity index is 1.54. The molecule has 1 aliphatic rings. The van der Waals surface area contributed by atoms with Crippen molar-refractivity contribution >= 4 is 34.1 Å². The molecule has 210 valence electrons. The third-order valence-corrected chi connectivity index (χ3v) is 8.64. The smallest absolute Gasteiger partial charge is 0.202 e. The van der Waals surface area contributed by atoms with E-state index in [0.717, 1.165) is 59.4 Å². The first-order valence-corrected chi connectivity index (χ1v) is 14.5. The van der Waals surface area contributed by atoms with E-state index in [-0.39, 0.29) is 18.1 Å². The number of aliphatic hydroxyl groups excluding tert-OH is 1. The second-order valence-corrected chi connectivity index (χ2v) is 12.3. The minimum Gasteiger partial charge on any atom is -0.440 e. The molecule has 1 atom stereocenters. The van der Waals surface area contributed by atoms with Gasteiger partial charge < -0.3 is 19.7 Å². The van der Waals surface area contributed by atoms with Gasteiger partial charge in [0.05, 0.1) is 17.0 Å². The van der Waals surface area contributed by atoms with Crippen LogP contribution < -0.4 is 15.6 Å². The van der Waals surface area contributed by atoms with Crippen molar-refractivity contribution in [2.24, 2.45) is 5.41 Å². The number of nitrogens with zero attached hydrogens (tertiary/aromatic N) is 1. The number of piperidine rings is 1. The monoisotopic (exact) mass is 558 g/mol. The molecule has 1 aromatic heterocycles. The summed E-state index contributed by atoms with van der Waals surface area (Å²) in [5.74, 6) is 0.697. The number of halogens is 1. The first kappa shape index (κ1) is 28.3. The SMILES string of the molecule is Cc1cc(C(C)Nc2ccccc2-c2ccc(Cl)c(CCO)c2)c2oc(N3CCC(C)(C)CC3)c(C)c(=O)c2c1. The van der Waals surface area contributed by atoms with Crippen LogP contribution in [0.5, 0.6) is 0 Å². The maximum Gasteiger partial charge on any atom is 0.202 e. The van der Waals surface area contributed by atoms with Crippen molar-refractivity contribution in [3.8, 4) is 11.1 Å². The minimum atomic E-state index is -0.133. The van der Waals surface area contributed by atoms with Crippen molar-refractivity contribution in [2.75, 3.05) is 29.9 Å². The molecular formula is C34H39ClN2O3. The Bertz CT molecular complexity index is 1600. The Morgan fingerprint density at radius 2 is 1.80 bits per heavy atom. The standard InChI is InChI=1S/C34H39ClN2O3/c1-21-18-27(32-28(19-21)31(39)22(2)33(40-32)37-15-13-34(4,5)14-16-37)23(3)36-30-9-7-6-8-26(30)24-10-11-29(35)25(20-24)12-17-38/h6-11,18-20,23,36,38H,12-17H2,1-5H3. The van der Waals surface area contributed by atoms with Crippen LogP contribution in [0.2, 0.25) is 5.02 Å². The van der Waals surface area contributed by atoms with Crippen molar-refractivity contribution < 1.29 is 9.52 Å². The highest BCUT2D eigenvalue weighted by Gasteiger charge is 2.29. The molecule has 5 nitrogen and oxygen atoms in total. The average Bonchev–Trinajstić information content (AvgIpc) is 2.92. The molecule has 0 aliphatic carbocycles. The van der Waals surface area contributed by atoms with Gasteiger partial charge in [0, 0.05) is 41.5 Å². The summed E-state index contributed by atoms with van der Waals surface area (Å²) >= 11 is 6.38. The number of anilines is 2. The molecule has 1 aliphatic heterocycles. The molecule has 6 heteroatoms. The van der Waals surface area contributed by atoms with Gasteiger partial charge in [-0.3, -0.25) is 4.79 Å². The van der Waals surface area contributed by atoms with E-state index in [4.69, 9.17) is 16.0 Å². The Morgan fingerprint density at radius 1 is 1.07 bits per heavy atom. The largest absolute Gasteiger partial charge is 0.440 e. The molecule has 2 N–H and O–H groups in total. The molecule has 4 aromatic rings. The summed E-state index contributed by atoms with van der Waals surface area (Å²) in [5, 5.41) is 14.4. The number of fused-ring (bicyclic) bond motifs is 1. The van der Waals surface area contributed by atoms with Gasteiger partial charge in [0.25, 0.3) is 0 Å². The molecule has 0 amide bonds. The van der Waals surface area contributed by atoms with Gasteiger partial charge in [-0.25, -0.2) is 0 Å². The Morgan fingerprint density at radius 3 is 2.52 bits per heavy atom. The molecule has 0 spiro atoms. The molecule has 5 rings (SSSR count). The normalized spacial score (nSPS) is 15.8. The highest BCUT2D eigenvalue weighted by Crippen LogP contribution is 2.37. The molecule has 40 heavy (non-hydrogen) atoms. The van der Waals surface area contributed by atoms with E-state index < -0.39 is 0 Å². The van der Waals surface area contributed by atoms with Gasteiger partial charge in [0.2, 0.25) is 5.88 Å². The quantitative estimate of drug-likeness (QED) is 0.240. The number of para-hydroxylation sites is 1. The maximum atomic E-state index is 13.6. The number of hydrogen-bond acceptors (Lipinski definition) is 5. The van der Waals surface area contributed by atoms with Gasteiger partial charge in [-0.2, -0.15) is 0 Å². The van der Waals surface area contributed by atoms with Crippen LogP contribution in [0.3, 0.4) is 0 Å².